The first-order valence-electron chi connectivity index (χ1n) is 8.31. The number of nitrogens with zero attached hydrogens (tertiary/aromatic N) is 5. The van der Waals surface area contributed by atoms with E-state index in [0.29, 0.717) is 12.3 Å². The highest BCUT2D eigenvalue weighted by Crippen LogP contribution is 2.29. The van der Waals surface area contributed by atoms with Gasteiger partial charge in [0, 0.05) is 20.1 Å². The Kier molecular flexibility index (Phi) is 4.44. The number of thioether (sulfide) groups is 1. The van der Waals surface area contributed by atoms with Gasteiger partial charge in [-0.25, -0.2) is 4.98 Å². The zero-order valence-electron chi connectivity index (χ0n) is 14.0. The predicted molar refractivity (Wildman–Crippen MR) is 94.3 cm³/mol. The van der Waals surface area contributed by atoms with Crippen molar-refractivity contribution in [3.63, 3.8) is 0 Å². The van der Waals surface area contributed by atoms with Gasteiger partial charge in [0.2, 0.25) is 5.91 Å². The maximum absolute atomic E-state index is 12.6. The molecule has 0 aliphatic carbocycles. The smallest absolute Gasteiger partial charge is 0.233 e. The highest BCUT2D eigenvalue weighted by molar-refractivity contribution is 7.99. The van der Waals surface area contributed by atoms with E-state index in [2.05, 4.69) is 15.2 Å². The lowest BCUT2D eigenvalue weighted by Gasteiger charge is -2.31. The lowest BCUT2D eigenvalue weighted by atomic mass is 9.98. The predicted octanol–water partition coefficient (Wildman–Crippen LogP) is 2.45. The van der Waals surface area contributed by atoms with Gasteiger partial charge < -0.3 is 13.9 Å². The van der Waals surface area contributed by atoms with Gasteiger partial charge >= 0.3 is 0 Å². The van der Waals surface area contributed by atoms with Crippen LogP contribution in [-0.2, 0) is 11.8 Å². The van der Waals surface area contributed by atoms with Crippen LogP contribution in [0.2, 0.25) is 0 Å². The highest BCUT2D eigenvalue weighted by atomic mass is 32.2. The third-order valence-corrected chi connectivity index (χ3v) is 5.45. The van der Waals surface area contributed by atoms with Crippen molar-refractivity contribution in [2.24, 2.45) is 7.05 Å². The first kappa shape index (κ1) is 16.1. The molecule has 25 heavy (non-hydrogen) atoms. The van der Waals surface area contributed by atoms with Crippen molar-refractivity contribution in [3.8, 4) is 0 Å². The van der Waals surface area contributed by atoms with E-state index in [1.54, 1.807) is 6.33 Å². The van der Waals surface area contributed by atoms with Crippen molar-refractivity contribution in [3.05, 3.63) is 36.5 Å². The van der Waals surface area contributed by atoms with Gasteiger partial charge in [0.25, 0.3) is 0 Å². The molecule has 0 spiro atoms. The number of oxazole rings is 1. The monoisotopic (exact) mass is 357 g/mol. The lowest BCUT2D eigenvalue weighted by molar-refractivity contribution is -0.129. The largest absolute Gasteiger partial charge is 0.440 e. The van der Waals surface area contributed by atoms with E-state index in [1.165, 1.54) is 11.8 Å². The van der Waals surface area contributed by atoms with Gasteiger partial charge in [0.1, 0.15) is 11.8 Å². The van der Waals surface area contributed by atoms with Crippen molar-refractivity contribution < 1.29 is 9.21 Å². The van der Waals surface area contributed by atoms with E-state index >= 15 is 0 Å². The molecule has 7 nitrogen and oxygen atoms in total. The van der Waals surface area contributed by atoms with Crippen LogP contribution in [0.1, 0.15) is 24.7 Å². The molecule has 1 aromatic carbocycles. The SMILES string of the molecule is Cn1cnnc1SCC(=O)N1CCC[C@H](c2nc3ccccc3o2)C1. The molecular weight excluding hydrogens is 338 g/mol. The van der Waals surface area contributed by atoms with E-state index in [0.717, 1.165) is 41.5 Å². The second-order valence-electron chi connectivity index (χ2n) is 6.21. The molecule has 0 radical (unpaired) electrons. The van der Waals surface area contributed by atoms with E-state index in [1.807, 2.05) is 40.8 Å². The molecular formula is C17H19N5O2S. The molecule has 1 saturated heterocycles. The van der Waals surface area contributed by atoms with Crippen molar-refractivity contribution in [2.75, 3.05) is 18.8 Å². The number of aryl methyl sites for hydroxylation is 1. The average Bonchev–Trinajstić information content (AvgIpc) is 3.25. The number of likely N-dealkylation sites (tertiary alicyclic amines) is 1. The number of amides is 1. The maximum atomic E-state index is 12.6. The van der Waals surface area contributed by atoms with Crippen molar-refractivity contribution in [1.82, 2.24) is 24.6 Å². The molecule has 3 heterocycles. The van der Waals surface area contributed by atoms with Gasteiger partial charge in [0.15, 0.2) is 16.6 Å². The van der Waals surface area contributed by atoms with Gasteiger partial charge in [0.05, 0.1) is 11.7 Å². The number of para-hydroxylation sites is 2. The van der Waals surface area contributed by atoms with Crippen LogP contribution in [0.15, 0.2) is 40.2 Å². The summed E-state index contributed by atoms with van der Waals surface area (Å²) in [5.74, 6) is 1.38. The van der Waals surface area contributed by atoms with Crippen LogP contribution in [0.5, 0.6) is 0 Å². The second-order valence-corrected chi connectivity index (χ2v) is 7.15. The summed E-state index contributed by atoms with van der Waals surface area (Å²) in [6.45, 7) is 1.44. The second kappa shape index (κ2) is 6.87. The number of rotatable bonds is 4. The summed E-state index contributed by atoms with van der Waals surface area (Å²) in [5, 5.41) is 8.58. The van der Waals surface area contributed by atoms with Crippen molar-refractivity contribution in [2.45, 2.75) is 23.9 Å². The Morgan fingerprint density at radius 3 is 3.08 bits per heavy atom. The minimum atomic E-state index is 0.119. The van der Waals surface area contributed by atoms with Crippen LogP contribution in [-0.4, -0.2) is 49.4 Å². The molecule has 0 unspecified atom stereocenters. The van der Waals surface area contributed by atoms with E-state index in [-0.39, 0.29) is 11.8 Å². The first-order chi connectivity index (χ1) is 12.2. The van der Waals surface area contributed by atoms with Crippen LogP contribution in [0, 0.1) is 0 Å². The fourth-order valence-electron chi connectivity index (χ4n) is 3.09. The number of piperidine rings is 1. The Morgan fingerprint density at radius 1 is 1.40 bits per heavy atom. The molecule has 8 heteroatoms. The first-order valence-corrected chi connectivity index (χ1v) is 9.29. The molecule has 4 rings (SSSR count). The molecule has 0 N–H and O–H groups in total. The fourth-order valence-corrected chi connectivity index (χ4v) is 3.88. The summed E-state index contributed by atoms with van der Waals surface area (Å²) in [6.07, 6.45) is 3.59. The Bertz CT molecular complexity index is 857. The summed E-state index contributed by atoms with van der Waals surface area (Å²) < 4.78 is 7.71. The number of carbonyl (C=O) groups excluding carboxylic acids is 1. The molecule has 1 fully saturated rings. The van der Waals surface area contributed by atoms with Gasteiger partial charge in [-0.1, -0.05) is 23.9 Å². The standard InChI is InChI=1S/C17H19N5O2S/c1-21-11-18-20-17(21)25-10-15(23)22-8-4-5-12(9-22)16-19-13-6-2-3-7-14(13)24-16/h2-3,6-7,11-12H,4-5,8-10H2,1H3/t12-/m0/s1. The zero-order valence-corrected chi connectivity index (χ0v) is 14.8. The minimum absolute atomic E-state index is 0.119. The average molecular weight is 357 g/mol. The molecule has 0 bridgehead atoms. The number of hydrogen-bond donors (Lipinski definition) is 0. The third-order valence-electron chi connectivity index (χ3n) is 4.43. The van der Waals surface area contributed by atoms with Gasteiger partial charge in [-0.3, -0.25) is 4.79 Å². The van der Waals surface area contributed by atoms with Crippen LogP contribution < -0.4 is 0 Å². The maximum Gasteiger partial charge on any atom is 0.233 e. The fraction of sp³-hybridized carbons (Fsp3) is 0.412. The lowest BCUT2D eigenvalue weighted by Crippen LogP contribution is -2.40. The highest BCUT2D eigenvalue weighted by Gasteiger charge is 2.28. The molecule has 2 aromatic heterocycles. The van der Waals surface area contributed by atoms with Crippen molar-refractivity contribution in [1.29, 1.82) is 0 Å². The third kappa shape index (κ3) is 3.39. The number of benzene rings is 1. The van der Waals surface area contributed by atoms with Crippen LogP contribution in [0.3, 0.4) is 0 Å². The molecule has 1 atom stereocenters. The summed E-state index contributed by atoms with van der Waals surface area (Å²) >= 11 is 1.42. The molecule has 1 aliphatic heterocycles. The summed E-state index contributed by atoms with van der Waals surface area (Å²) in [7, 11) is 1.87. The van der Waals surface area contributed by atoms with Gasteiger partial charge in [-0.2, -0.15) is 0 Å². The Morgan fingerprint density at radius 2 is 2.28 bits per heavy atom. The topological polar surface area (TPSA) is 77.1 Å². The Hall–Kier alpha value is -2.35. The quantitative estimate of drug-likeness (QED) is 0.668. The molecule has 130 valence electrons. The van der Waals surface area contributed by atoms with E-state index in [9.17, 15) is 4.79 Å². The molecule has 3 aromatic rings. The minimum Gasteiger partial charge on any atom is -0.440 e. The van der Waals surface area contributed by atoms with Gasteiger partial charge in [-0.05, 0) is 25.0 Å². The summed E-state index contributed by atoms with van der Waals surface area (Å²) in [6, 6.07) is 7.77. The summed E-state index contributed by atoms with van der Waals surface area (Å²) in [4.78, 5) is 19.1. The molecule has 1 amide bonds. The number of hydrogen-bond acceptors (Lipinski definition) is 6. The number of fused-ring (bicyclic) bond motifs is 1. The normalized spacial score (nSPS) is 18.0. The number of carbonyl (C=O) groups is 1. The van der Waals surface area contributed by atoms with Crippen LogP contribution >= 0.6 is 11.8 Å². The molecule has 1 aliphatic rings. The Labute approximate surface area is 149 Å². The van der Waals surface area contributed by atoms with Gasteiger partial charge in [-0.15, -0.1) is 10.2 Å². The van der Waals surface area contributed by atoms with E-state index in [4.69, 9.17) is 4.42 Å². The Balaban J connectivity index is 1.41. The van der Waals surface area contributed by atoms with Crippen LogP contribution in [0.25, 0.3) is 11.1 Å². The number of aromatic nitrogens is 4. The van der Waals surface area contributed by atoms with Crippen LogP contribution in [0.4, 0.5) is 0 Å². The van der Waals surface area contributed by atoms with Crippen molar-refractivity contribution >= 4 is 28.8 Å². The van der Waals surface area contributed by atoms with E-state index < -0.39 is 0 Å². The zero-order chi connectivity index (χ0) is 17.2. The molecule has 0 saturated carbocycles. The summed E-state index contributed by atoms with van der Waals surface area (Å²) in [5.41, 5.74) is 1.68.